The lowest BCUT2D eigenvalue weighted by molar-refractivity contribution is 0.00623. The molecule has 0 saturated heterocycles. The van der Waals surface area contributed by atoms with Crippen LogP contribution in [0.5, 0.6) is 5.75 Å². The number of hydrogen-bond donors (Lipinski definition) is 0. The molecule has 0 saturated carbocycles. The highest BCUT2D eigenvalue weighted by atomic mass is 32.1. The van der Waals surface area contributed by atoms with Crippen LogP contribution >= 0.6 is 22.7 Å². The lowest BCUT2D eigenvalue weighted by atomic mass is 9.94. The maximum atomic E-state index is 14.6. The van der Waals surface area contributed by atoms with Crippen molar-refractivity contribution in [2.45, 2.75) is 91.2 Å². The predicted molar refractivity (Wildman–Crippen MR) is 224 cm³/mol. The highest BCUT2D eigenvalue weighted by molar-refractivity contribution is 7.22. The van der Waals surface area contributed by atoms with E-state index in [1.165, 1.54) is 28.2 Å². The van der Waals surface area contributed by atoms with Crippen LogP contribution in [0.25, 0.3) is 10.2 Å². The monoisotopic (exact) mass is 784 g/mol. The van der Waals surface area contributed by atoms with E-state index in [1.807, 2.05) is 69.3 Å². The van der Waals surface area contributed by atoms with Gasteiger partial charge in [-0.05, 0) is 99.5 Å². The van der Waals surface area contributed by atoms with Crippen LogP contribution in [0.4, 0.5) is 10.3 Å². The fourth-order valence-electron chi connectivity index (χ4n) is 6.17. The van der Waals surface area contributed by atoms with E-state index in [0.717, 1.165) is 62.4 Å². The van der Waals surface area contributed by atoms with E-state index in [0.29, 0.717) is 49.1 Å². The third-order valence-corrected chi connectivity index (χ3v) is 13.1. The van der Waals surface area contributed by atoms with Gasteiger partial charge in [0.25, 0.3) is 5.91 Å². The lowest BCUT2D eigenvalue weighted by Crippen LogP contribution is -2.37. The molecule has 1 amide bonds. The summed E-state index contributed by atoms with van der Waals surface area (Å²) in [5.74, 6) is 0.269. The summed E-state index contributed by atoms with van der Waals surface area (Å²) >= 11 is 3.02. The lowest BCUT2D eigenvalue weighted by Gasteiger charge is -2.31. The van der Waals surface area contributed by atoms with Gasteiger partial charge in [0.1, 0.15) is 18.1 Å². The molecule has 0 unspecified atom stereocenters. The Morgan fingerprint density at radius 1 is 0.944 bits per heavy atom. The Kier molecular flexibility index (Phi) is 12.6. The summed E-state index contributed by atoms with van der Waals surface area (Å²) in [5, 5.41) is 1.36. The topological polar surface area (TPSA) is 94.1 Å². The van der Waals surface area contributed by atoms with E-state index in [1.54, 1.807) is 4.90 Å². The number of fused-ring (bicyclic) bond motifs is 2. The molecular formula is C42H52N4O5S2Si. The van der Waals surface area contributed by atoms with Gasteiger partial charge in [-0.2, -0.15) is 0 Å². The van der Waals surface area contributed by atoms with Crippen LogP contribution in [0.15, 0.2) is 66.7 Å². The fourth-order valence-corrected chi connectivity index (χ4v) is 9.00. The van der Waals surface area contributed by atoms with E-state index in [2.05, 4.69) is 49.7 Å². The summed E-state index contributed by atoms with van der Waals surface area (Å²) in [4.78, 5) is 42.6. The van der Waals surface area contributed by atoms with Crippen molar-refractivity contribution in [1.29, 1.82) is 0 Å². The second kappa shape index (κ2) is 17.1. The highest BCUT2D eigenvalue weighted by Gasteiger charge is 2.31. The Labute approximate surface area is 328 Å². The largest absolute Gasteiger partial charge is 0.494 e. The minimum absolute atomic E-state index is 0.124. The second-order valence-corrected chi connectivity index (χ2v) is 23.6. The van der Waals surface area contributed by atoms with Crippen LogP contribution in [-0.2, 0) is 35.3 Å². The van der Waals surface area contributed by atoms with Gasteiger partial charge < -0.3 is 19.1 Å². The van der Waals surface area contributed by atoms with Crippen LogP contribution in [0, 0.1) is 0 Å². The van der Waals surface area contributed by atoms with E-state index in [-0.39, 0.29) is 12.6 Å². The van der Waals surface area contributed by atoms with E-state index < -0.39 is 19.6 Å². The van der Waals surface area contributed by atoms with Crippen LogP contribution in [0.1, 0.15) is 76.5 Å². The van der Waals surface area contributed by atoms with Gasteiger partial charge in [-0.25, -0.2) is 14.8 Å². The summed E-state index contributed by atoms with van der Waals surface area (Å²) < 4.78 is 19.0. The van der Waals surface area contributed by atoms with Crippen molar-refractivity contribution < 1.29 is 23.8 Å². The van der Waals surface area contributed by atoms with Crippen LogP contribution in [0.3, 0.4) is 0 Å². The van der Waals surface area contributed by atoms with E-state index in [4.69, 9.17) is 24.2 Å². The van der Waals surface area contributed by atoms with Crippen molar-refractivity contribution in [3.8, 4) is 5.75 Å². The third-order valence-electron chi connectivity index (χ3n) is 9.18. The first-order chi connectivity index (χ1) is 25.8. The zero-order valence-corrected chi connectivity index (χ0v) is 35.2. The zero-order chi connectivity index (χ0) is 38.5. The Morgan fingerprint density at radius 3 is 2.44 bits per heavy atom. The summed E-state index contributed by atoms with van der Waals surface area (Å²) in [6, 6.07) is 23.1. The normalized spacial score (nSPS) is 13.2. The number of ether oxygens (including phenoxy) is 3. The van der Waals surface area contributed by atoms with Gasteiger partial charge in [-0.1, -0.05) is 74.3 Å². The molecule has 3 aromatic carbocycles. The highest BCUT2D eigenvalue weighted by Crippen LogP contribution is 2.35. The zero-order valence-electron chi connectivity index (χ0n) is 32.6. The summed E-state index contributed by atoms with van der Waals surface area (Å²) in [6.07, 6.45) is 3.07. The number of para-hydroxylation sites is 1. The molecule has 0 spiro atoms. The van der Waals surface area contributed by atoms with Crippen molar-refractivity contribution >= 4 is 63.1 Å². The molecule has 1 aliphatic heterocycles. The molecule has 54 heavy (non-hydrogen) atoms. The maximum Gasteiger partial charge on any atom is 0.358 e. The SMILES string of the molecule is CCc1ccc(OCCCc2sc(N3CCc4cccc(C(=O)N(COCC[Si](C)(C)C)c5nc6ccccc6s5)c4C3)nc2C(=O)OC(C)(C)C)cc1. The minimum Gasteiger partial charge on any atom is -0.494 e. The number of thiazole rings is 2. The molecule has 0 aliphatic carbocycles. The van der Waals surface area contributed by atoms with Gasteiger partial charge in [-0.15, -0.1) is 11.3 Å². The molecule has 0 atom stereocenters. The molecule has 0 fully saturated rings. The Balaban J connectivity index is 1.23. The van der Waals surface area contributed by atoms with E-state index in [9.17, 15) is 9.59 Å². The smallest absolute Gasteiger partial charge is 0.358 e. The number of anilines is 2. The molecule has 1 aliphatic rings. The molecule has 286 valence electrons. The van der Waals surface area contributed by atoms with Gasteiger partial charge in [0.2, 0.25) is 0 Å². The molecule has 9 nitrogen and oxygen atoms in total. The Hall–Kier alpha value is -4.10. The van der Waals surface area contributed by atoms with Crippen molar-refractivity contribution in [3.05, 3.63) is 99.6 Å². The average molecular weight is 785 g/mol. The van der Waals surface area contributed by atoms with Gasteiger partial charge in [-0.3, -0.25) is 9.69 Å². The number of nitrogens with zero attached hydrogens (tertiary/aromatic N) is 4. The number of benzene rings is 3. The average Bonchev–Trinajstić information content (AvgIpc) is 3.77. The van der Waals surface area contributed by atoms with E-state index >= 15 is 0 Å². The third kappa shape index (κ3) is 10.1. The first-order valence-corrected chi connectivity index (χ1v) is 24.2. The number of aromatic nitrogens is 2. The molecule has 6 rings (SSSR count). The standard InChI is InChI=1S/C42H52N4O5S2Si/c1-8-29-18-20-31(21-19-29)50-24-12-17-36-37(39(48)51-42(2,3)4)44-40(53-36)45-23-22-30-13-11-14-32(33(30)27-45)38(47)46(28-49-25-26-54(5,6)7)41-43-34-15-9-10-16-35(34)52-41/h9-11,13-16,18-21H,8,12,17,22-28H2,1-7H3. The number of hydrogen-bond acceptors (Lipinski definition) is 10. The summed E-state index contributed by atoms with van der Waals surface area (Å²) in [7, 11) is -1.32. The molecule has 2 aromatic heterocycles. The summed E-state index contributed by atoms with van der Waals surface area (Å²) in [6.45, 7) is 17.1. The van der Waals surface area contributed by atoms with Crippen molar-refractivity contribution in [3.63, 3.8) is 0 Å². The Morgan fingerprint density at radius 2 is 1.72 bits per heavy atom. The molecule has 3 heterocycles. The molecule has 12 heteroatoms. The predicted octanol–water partition coefficient (Wildman–Crippen LogP) is 9.80. The molecule has 5 aromatic rings. The maximum absolute atomic E-state index is 14.6. The van der Waals surface area contributed by atoms with Crippen molar-refractivity contribution in [1.82, 2.24) is 9.97 Å². The number of carbonyl (C=O) groups excluding carboxylic acids is 2. The number of aryl methyl sites for hydroxylation is 2. The first kappa shape index (κ1) is 39.6. The summed E-state index contributed by atoms with van der Waals surface area (Å²) in [5.41, 5.74) is 4.54. The molecule has 0 bridgehead atoms. The first-order valence-electron chi connectivity index (χ1n) is 18.8. The van der Waals surface area contributed by atoms with Crippen LogP contribution < -0.4 is 14.5 Å². The number of amides is 1. The molecule has 0 radical (unpaired) electrons. The van der Waals surface area contributed by atoms with Crippen molar-refractivity contribution in [2.24, 2.45) is 0 Å². The van der Waals surface area contributed by atoms with Crippen molar-refractivity contribution in [2.75, 3.05) is 36.3 Å². The van der Waals surface area contributed by atoms with Gasteiger partial charge in [0.15, 0.2) is 16.0 Å². The number of rotatable bonds is 15. The van der Waals surface area contributed by atoms with Gasteiger partial charge >= 0.3 is 5.97 Å². The quantitative estimate of drug-likeness (QED) is 0.0449. The second-order valence-electron chi connectivity index (χ2n) is 15.9. The van der Waals surface area contributed by atoms with Gasteiger partial charge in [0, 0.05) is 38.2 Å². The molecule has 0 N–H and O–H groups in total. The van der Waals surface area contributed by atoms with Crippen LogP contribution in [-0.4, -0.2) is 62.0 Å². The molecular weight excluding hydrogens is 733 g/mol. The Bertz CT molecular complexity index is 2030. The minimum atomic E-state index is -1.32. The fraction of sp³-hybridized carbons (Fsp3) is 0.429. The van der Waals surface area contributed by atoms with Gasteiger partial charge in [0.05, 0.1) is 16.8 Å². The van der Waals surface area contributed by atoms with Crippen LogP contribution in [0.2, 0.25) is 25.7 Å². The number of carbonyl (C=O) groups is 2. The number of esters is 1.